The largest absolute Gasteiger partial charge is 0.207 e. The van der Waals surface area contributed by atoms with E-state index in [1.807, 2.05) is 6.92 Å². The molecule has 0 aromatic heterocycles. The van der Waals surface area contributed by atoms with Crippen LogP contribution in [0, 0.1) is 24.1 Å². The van der Waals surface area contributed by atoms with Crippen molar-refractivity contribution >= 4 is 5.57 Å². The fourth-order valence-corrected chi connectivity index (χ4v) is 2.19. The molecule has 0 saturated carbocycles. The van der Waals surface area contributed by atoms with Crippen LogP contribution < -0.4 is 0 Å². The van der Waals surface area contributed by atoms with E-state index in [0.29, 0.717) is 0 Å². The lowest BCUT2D eigenvalue weighted by Gasteiger charge is -2.13. The minimum absolute atomic E-state index is 0.221. The van der Waals surface area contributed by atoms with E-state index in [9.17, 15) is 9.65 Å². The molecule has 0 unspecified atom stereocenters. The number of benzene rings is 1. The molecule has 1 nitrogen and oxygen atoms in total. The second-order valence-corrected chi connectivity index (χ2v) is 4.53. The lowest BCUT2D eigenvalue weighted by Crippen LogP contribution is -1.95. The molecule has 0 N–H and O–H groups in total. The predicted molar refractivity (Wildman–Crippen MR) is 73.5 cm³/mol. The zero-order chi connectivity index (χ0) is 13.5. The molecule has 0 heterocycles. The van der Waals surface area contributed by atoms with Gasteiger partial charge in [0.1, 0.15) is 5.82 Å². The normalized spacial score (nSPS) is 11.9. The first kappa shape index (κ1) is 14.4. The summed E-state index contributed by atoms with van der Waals surface area (Å²) < 4.78 is 13.1. The number of halogens is 1. The van der Waals surface area contributed by atoms with E-state index >= 15 is 0 Å². The van der Waals surface area contributed by atoms with Crippen molar-refractivity contribution in [2.75, 3.05) is 0 Å². The lowest BCUT2D eigenvalue weighted by atomic mass is 9.91. The van der Waals surface area contributed by atoms with Crippen LogP contribution in [0.5, 0.6) is 0 Å². The van der Waals surface area contributed by atoms with E-state index in [1.54, 1.807) is 6.07 Å². The highest BCUT2D eigenvalue weighted by atomic mass is 19.1. The van der Waals surface area contributed by atoms with Crippen molar-refractivity contribution in [2.24, 2.45) is 0 Å². The number of nitrogens with zero attached hydrogens (tertiary/aromatic N) is 1. The molecule has 1 rings (SSSR count). The van der Waals surface area contributed by atoms with Gasteiger partial charge >= 0.3 is 0 Å². The lowest BCUT2D eigenvalue weighted by molar-refractivity contribution is 0.626. The molecule has 0 aliphatic carbocycles. The van der Waals surface area contributed by atoms with Crippen LogP contribution in [0.3, 0.4) is 0 Å². The van der Waals surface area contributed by atoms with Gasteiger partial charge in [0, 0.05) is 5.57 Å². The Hall–Kier alpha value is -1.62. The molecule has 0 amide bonds. The molecule has 0 saturated heterocycles. The highest BCUT2D eigenvalue weighted by molar-refractivity contribution is 5.73. The van der Waals surface area contributed by atoms with E-state index in [0.717, 1.165) is 48.0 Å². The second-order valence-electron chi connectivity index (χ2n) is 4.53. The summed E-state index contributed by atoms with van der Waals surface area (Å²) in [5.74, 6) is -0.221. The Morgan fingerprint density at radius 1 is 1.22 bits per heavy atom. The average Bonchev–Trinajstić information content (AvgIpc) is 2.34. The Morgan fingerprint density at radius 2 is 1.89 bits per heavy atom. The van der Waals surface area contributed by atoms with Crippen LogP contribution >= 0.6 is 0 Å². The van der Waals surface area contributed by atoms with Crippen molar-refractivity contribution in [3.05, 3.63) is 40.7 Å². The molecule has 0 aliphatic rings. The molecule has 2 heteroatoms. The van der Waals surface area contributed by atoms with Crippen molar-refractivity contribution in [1.29, 1.82) is 5.26 Å². The summed E-state index contributed by atoms with van der Waals surface area (Å²) in [5, 5.41) is 9.28. The fraction of sp³-hybridized carbons (Fsp3) is 0.438. The Morgan fingerprint density at radius 3 is 2.39 bits per heavy atom. The van der Waals surface area contributed by atoms with Crippen LogP contribution in [0.2, 0.25) is 0 Å². The van der Waals surface area contributed by atoms with E-state index in [-0.39, 0.29) is 5.82 Å². The van der Waals surface area contributed by atoms with Crippen molar-refractivity contribution in [3.8, 4) is 6.07 Å². The number of aryl methyl sites for hydroxylation is 1. The number of hydrogen-bond acceptors (Lipinski definition) is 1. The predicted octanol–water partition coefficient (Wildman–Crippen LogP) is 5.01. The van der Waals surface area contributed by atoms with Gasteiger partial charge in [0.05, 0.1) is 6.07 Å². The number of allylic oxidation sites excluding steroid dienone is 2. The Labute approximate surface area is 109 Å². The third-order valence-electron chi connectivity index (χ3n) is 3.01. The summed E-state index contributed by atoms with van der Waals surface area (Å²) in [6.45, 7) is 6.06. The van der Waals surface area contributed by atoms with Crippen molar-refractivity contribution in [2.45, 2.75) is 46.5 Å². The van der Waals surface area contributed by atoms with Gasteiger partial charge in [-0.1, -0.05) is 32.8 Å². The summed E-state index contributed by atoms with van der Waals surface area (Å²) in [6.07, 6.45) is 3.61. The molecule has 0 aliphatic heterocycles. The van der Waals surface area contributed by atoms with Crippen molar-refractivity contribution < 1.29 is 4.39 Å². The van der Waals surface area contributed by atoms with Gasteiger partial charge in [0.25, 0.3) is 0 Å². The average molecular weight is 245 g/mol. The first-order valence-corrected chi connectivity index (χ1v) is 6.52. The van der Waals surface area contributed by atoms with Crippen LogP contribution in [0.15, 0.2) is 23.8 Å². The minimum Gasteiger partial charge on any atom is -0.207 e. The van der Waals surface area contributed by atoms with Gasteiger partial charge in [-0.2, -0.15) is 5.26 Å². The maximum atomic E-state index is 13.1. The Bertz CT molecular complexity index is 480. The topological polar surface area (TPSA) is 23.8 Å². The first-order chi connectivity index (χ1) is 8.63. The fourth-order valence-electron chi connectivity index (χ4n) is 2.19. The Balaban J connectivity index is 3.31. The van der Waals surface area contributed by atoms with Gasteiger partial charge in [0.2, 0.25) is 0 Å². The number of rotatable bonds is 5. The highest BCUT2D eigenvalue weighted by Gasteiger charge is 2.11. The number of hydrogen-bond donors (Lipinski definition) is 0. The van der Waals surface area contributed by atoms with E-state index < -0.39 is 0 Å². The standard InChI is InChI=1S/C16H20FN/c1-4-6-13(11-18)16(7-5-2)15-9-8-14(17)10-12(15)3/h8-10H,4-7H2,1-3H3/b16-13-. The van der Waals surface area contributed by atoms with E-state index in [1.165, 1.54) is 12.1 Å². The van der Waals surface area contributed by atoms with Crippen LogP contribution in [0.25, 0.3) is 5.57 Å². The molecule has 1 aromatic carbocycles. The first-order valence-electron chi connectivity index (χ1n) is 6.52. The zero-order valence-corrected chi connectivity index (χ0v) is 11.4. The summed E-state index contributed by atoms with van der Waals surface area (Å²) in [4.78, 5) is 0. The van der Waals surface area contributed by atoms with Gasteiger partial charge < -0.3 is 0 Å². The highest BCUT2D eigenvalue weighted by Crippen LogP contribution is 2.28. The molecule has 1 aromatic rings. The molecule has 0 bridgehead atoms. The maximum Gasteiger partial charge on any atom is 0.123 e. The summed E-state index contributed by atoms with van der Waals surface area (Å²) >= 11 is 0. The zero-order valence-electron chi connectivity index (χ0n) is 11.4. The molecule has 0 radical (unpaired) electrons. The van der Waals surface area contributed by atoms with Gasteiger partial charge in [-0.3, -0.25) is 0 Å². The third kappa shape index (κ3) is 3.43. The maximum absolute atomic E-state index is 13.1. The molecule has 0 spiro atoms. The molecule has 96 valence electrons. The minimum atomic E-state index is -0.221. The monoisotopic (exact) mass is 245 g/mol. The van der Waals surface area contributed by atoms with Gasteiger partial charge in [-0.25, -0.2) is 4.39 Å². The van der Waals surface area contributed by atoms with Crippen LogP contribution in [0.1, 0.15) is 50.7 Å². The summed E-state index contributed by atoms with van der Waals surface area (Å²) in [7, 11) is 0. The smallest absolute Gasteiger partial charge is 0.123 e. The van der Waals surface area contributed by atoms with Crippen LogP contribution in [0.4, 0.5) is 4.39 Å². The van der Waals surface area contributed by atoms with Crippen molar-refractivity contribution in [3.63, 3.8) is 0 Å². The second kappa shape index (κ2) is 6.96. The van der Waals surface area contributed by atoms with E-state index in [4.69, 9.17) is 0 Å². The van der Waals surface area contributed by atoms with Crippen LogP contribution in [-0.4, -0.2) is 0 Å². The summed E-state index contributed by atoms with van der Waals surface area (Å²) in [5.41, 5.74) is 3.85. The van der Waals surface area contributed by atoms with Gasteiger partial charge in [-0.15, -0.1) is 0 Å². The molecule has 0 atom stereocenters. The molecule has 0 fully saturated rings. The molecular weight excluding hydrogens is 225 g/mol. The van der Waals surface area contributed by atoms with Gasteiger partial charge in [0.15, 0.2) is 0 Å². The SMILES string of the molecule is CCC/C(C#N)=C(\CCC)c1ccc(F)cc1C. The van der Waals surface area contributed by atoms with Crippen molar-refractivity contribution in [1.82, 2.24) is 0 Å². The third-order valence-corrected chi connectivity index (χ3v) is 3.01. The quantitative estimate of drug-likeness (QED) is 0.669. The number of nitriles is 1. The van der Waals surface area contributed by atoms with Gasteiger partial charge in [-0.05, 0) is 48.6 Å². The van der Waals surface area contributed by atoms with Crippen LogP contribution in [-0.2, 0) is 0 Å². The Kier molecular flexibility index (Phi) is 5.58. The van der Waals surface area contributed by atoms with E-state index in [2.05, 4.69) is 19.9 Å². The molecule has 18 heavy (non-hydrogen) atoms. The molecular formula is C16H20FN. The summed E-state index contributed by atoms with van der Waals surface area (Å²) in [6, 6.07) is 7.11.